The number of anilines is 21. The molecule has 11 heteroatoms. The predicted molar refractivity (Wildman–Crippen MR) is 397 cm³/mol. The molecule has 8 heterocycles. The summed E-state index contributed by atoms with van der Waals surface area (Å²) in [5.41, 5.74) is 34.9. The Morgan fingerprint density at radius 2 is 0.516 bits per heavy atom. The van der Waals surface area contributed by atoms with E-state index in [4.69, 9.17) is 4.74 Å². The topological polar surface area (TPSA) is 31.9 Å². The first kappa shape index (κ1) is 51.3. The Morgan fingerprint density at radius 3 is 1.02 bits per heavy atom. The molecule has 0 saturated carbocycles. The van der Waals surface area contributed by atoms with Crippen molar-refractivity contribution in [1.82, 2.24) is 0 Å². The molecule has 8 aliphatic heterocycles. The van der Waals surface area contributed by atoms with Crippen molar-refractivity contribution in [3.05, 3.63) is 315 Å². The van der Waals surface area contributed by atoms with Crippen LogP contribution in [0.1, 0.15) is 0 Å². The van der Waals surface area contributed by atoms with Crippen molar-refractivity contribution in [2.45, 2.75) is 0 Å². The summed E-state index contributed by atoms with van der Waals surface area (Å²) < 4.78 is 7.87. The van der Waals surface area contributed by atoms with Crippen molar-refractivity contribution in [1.29, 1.82) is 0 Å². The number of rotatable bonds is 5. The van der Waals surface area contributed by atoms with Crippen molar-refractivity contribution in [2.75, 3.05) is 34.3 Å². The van der Waals surface area contributed by atoms with Gasteiger partial charge in [0.15, 0.2) is 0 Å². The molecule has 0 unspecified atom stereocenters. The molecule has 14 aromatic rings. The number of benzene rings is 14. The van der Waals surface area contributed by atoms with Crippen LogP contribution in [-0.2, 0) is 0 Å². The van der Waals surface area contributed by atoms with E-state index in [1.54, 1.807) is 0 Å². The first-order valence-electron chi connectivity index (χ1n) is 32.9. The van der Waals surface area contributed by atoms with Crippen LogP contribution in [0.25, 0.3) is 0 Å². The zero-order chi connectivity index (χ0) is 61.7. The number of hydrogen-bond acceptors (Lipinski definition) is 8. The van der Waals surface area contributed by atoms with Gasteiger partial charge in [-0.1, -0.05) is 176 Å². The molecular formula is C84H52B3N7O. The molecule has 95 heavy (non-hydrogen) atoms. The quantitative estimate of drug-likeness (QED) is 0.158. The van der Waals surface area contributed by atoms with Crippen LogP contribution in [0.3, 0.4) is 0 Å². The fraction of sp³-hybridized carbons (Fsp3) is 0. The van der Waals surface area contributed by atoms with Gasteiger partial charge in [-0.25, -0.2) is 0 Å². The Labute approximate surface area is 551 Å². The lowest BCUT2D eigenvalue weighted by Crippen LogP contribution is -2.68. The van der Waals surface area contributed by atoms with Crippen molar-refractivity contribution >= 4 is 189 Å². The van der Waals surface area contributed by atoms with E-state index in [1.165, 1.54) is 77.8 Å². The Morgan fingerprint density at radius 1 is 0.179 bits per heavy atom. The van der Waals surface area contributed by atoms with Crippen molar-refractivity contribution in [2.24, 2.45) is 0 Å². The van der Waals surface area contributed by atoms with E-state index in [-0.39, 0.29) is 20.1 Å². The van der Waals surface area contributed by atoms with Crippen LogP contribution in [-0.4, -0.2) is 20.1 Å². The van der Waals surface area contributed by atoms with Crippen molar-refractivity contribution in [3.63, 3.8) is 0 Å². The maximum Gasteiger partial charge on any atom is 0.256 e. The average Bonchev–Trinajstić information content (AvgIpc) is 0.669. The summed E-state index contributed by atoms with van der Waals surface area (Å²) in [6.45, 7) is -0.444. The Bertz CT molecular complexity index is 5610. The minimum Gasteiger partial charge on any atom is -0.458 e. The maximum atomic E-state index is 7.87. The largest absolute Gasteiger partial charge is 0.458 e. The van der Waals surface area contributed by atoms with Gasteiger partial charge in [-0.05, 0) is 177 Å². The third-order valence-electron chi connectivity index (χ3n) is 21.2. The molecule has 0 radical (unpaired) electrons. The van der Waals surface area contributed by atoms with Gasteiger partial charge in [0, 0.05) is 91.8 Å². The molecule has 8 aliphatic rings. The van der Waals surface area contributed by atoms with Crippen LogP contribution in [0.2, 0.25) is 0 Å². The lowest BCUT2D eigenvalue weighted by molar-refractivity contribution is 0.488. The van der Waals surface area contributed by atoms with Gasteiger partial charge in [-0.3, -0.25) is 0 Å². The lowest BCUT2D eigenvalue weighted by Gasteiger charge is -2.50. The van der Waals surface area contributed by atoms with Crippen LogP contribution in [0.15, 0.2) is 315 Å². The summed E-state index contributed by atoms with van der Waals surface area (Å²) in [6.07, 6.45) is 0. The van der Waals surface area contributed by atoms with Gasteiger partial charge in [0.25, 0.3) is 20.1 Å². The second kappa shape index (κ2) is 19.1. The second-order valence-electron chi connectivity index (χ2n) is 25.9. The monoisotopic (exact) mass is 1210 g/mol. The van der Waals surface area contributed by atoms with Crippen LogP contribution in [0, 0.1) is 0 Å². The first-order chi connectivity index (χ1) is 47.2. The van der Waals surface area contributed by atoms with Gasteiger partial charge >= 0.3 is 0 Å². The smallest absolute Gasteiger partial charge is 0.256 e. The van der Waals surface area contributed by atoms with Gasteiger partial charge in [-0.15, -0.1) is 0 Å². The zero-order valence-corrected chi connectivity index (χ0v) is 51.3. The van der Waals surface area contributed by atoms with Crippen LogP contribution in [0.5, 0.6) is 11.5 Å². The Hall–Kier alpha value is -12.3. The number of ether oxygens (including phenoxy) is 1. The molecule has 0 spiro atoms. The Kier molecular flexibility index (Phi) is 10.3. The van der Waals surface area contributed by atoms with Crippen molar-refractivity contribution < 1.29 is 4.74 Å². The molecule has 0 aromatic heterocycles. The summed E-state index contributed by atoms with van der Waals surface area (Å²) in [5.74, 6) is 1.70. The van der Waals surface area contributed by atoms with Gasteiger partial charge in [0.1, 0.15) is 11.5 Å². The molecule has 0 amide bonds. The standard InChI is InChI=1S/C84H52B3N7O/c1-6-26-53(27-7-1)88-64-39-19-16-36-58(64)85-61-48-62-74(50-73(61)90(55-30-10-3-11-31-55)70-45-24-44-69(88)80(70)85)92(57-34-14-5-15-35-57)77-52-79-82-84-81(77)86(62)59-37-17-20-40-65(59)93(84)66-41-21-18-38-60(66)87(82)63-49-75-76(51-78(63)95-79)91(56-32-12-4-13-33-56)72-47-25-46-71-83(72)94(75)68-43-23-22-42-67(68)89(71)54-28-8-2-9-29-54/h1-52H. The third-order valence-corrected chi connectivity index (χ3v) is 21.2. The summed E-state index contributed by atoms with van der Waals surface area (Å²) >= 11 is 0. The predicted octanol–water partition coefficient (Wildman–Crippen LogP) is 15.8. The van der Waals surface area contributed by atoms with Gasteiger partial charge in [0.05, 0.1) is 39.8 Å². The normalized spacial score (nSPS) is 14.4. The SMILES string of the molecule is c1ccc(N2c3ccccc3B3c4cc5c(cc4N(c4ccccc4)c4cccc2c43)N(c2ccccc2)c2cc3c4c6c2B5c2ccccc2N6c2ccccc2B4c2cc4c(cc2O3)N(c2ccccc2)c2cccc3c2N4c2ccccc2N3c2ccccc2)cc1. The molecule has 8 nitrogen and oxygen atoms in total. The maximum absolute atomic E-state index is 7.87. The van der Waals surface area contributed by atoms with E-state index < -0.39 is 0 Å². The highest BCUT2D eigenvalue weighted by molar-refractivity contribution is 7.05. The van der Waals surface area contributed by atoms with Gasteiger partial charge in [-0.2, -0.15) is 0 Å². The summed E-state index contributed by atoms with van der Waals surface area (Å²) in [6, 6.07) is 117. The zero-order valence-electron chi connectivity index (χ0n) is 51.3. The molecule has 438 valence electrons. The number of para-hydroxylation sites is 11. The molecule has 22 rings (SSSR count). The average molecular weight is 1210 g/mol. The highest BCUT2D eigenvalue weighted by Gasteiger charge is 2.54. The summed E-state index contributed by atoms with van der Waals surface area (Å²) in [4.78, 5) is 17.6. The minimum absolute atomic E-state index is 0.0809. The van der Waals surface area contributed by atoms with E-state index in [0.717, 1.165) is 102 Å². The van der Waals surface area contributed by atoms with E-state index >= 15 is 0 Å². The third kappa shape index (κ3) is 6.82. The molecular weight excluding hydrogens is 1160 g/mol. The van der Waals surface area contributed by atoms with Crippen LogP contribution < -0.4 is 88.2 Å². The molecule has 0 saturated heterocycles. The van der Waals surface area contributed by atoms with Gasteiger partial charge < -0.3 is 39.0 Å². The van der Waals surface area contributed by atoms with E-state index in [1.807, 2.05) is 0 Å². The first-order valence-corrected chi connectivity index (χ1v) is 32.9. The molecule has 0 fully saturated rings. The fourth-order valence-corrected chi connectivity index (χ4v) is 17.6. The lowest BCUT2D eigenvalue weighted by atomic mass is 9.28. The molecule has 0 N–H and O–H groups in total. The van der Waals surface area contributed by atoms with E-state index in [2.05, 4.69) is 350 Å². The van der Waals surface area contributed by atoms with E-state index in [0.29, 0.717) is 0 Å². The number of fused-ring (bicyclic) bond motifs is 18. The Balaban J connectivity index is 0.813. The molecule has 0 bridgehead atoms. The molecule has 0 atom stereocenters. The highest BCUT2D eigenvalue weighted by atomic mass is 16.5. The van der Waals surface area contributed by atoms with E-state index in [9.17, 15) is 0 Å². The van der Waals surface area contributed by atoms with Gasteiger partial charge in [0.2, 0.25) is 0 Å². The number of hydrogen-bond donors (Lipinski definition) is 0. The number of nitrogens with zero attached hydrogens (tertiary/aromatic N) is 7. The van der Waals surface area contributed by atoms with Crippen LogP contribution >= 0.6 is 0 Å². The summed E-state index contributed by atoms with van der Waals surface area (Å²) in [7, 11) is 0. The molecule has 14 aromatic carbocycles. The van der Waals surface area contributed by atoms with Crippen LogP contribution in [0.4, 0.5) is 119 Å². The van der Waals surface area contributed by atoms with Crippen molar-refractivity contribution in [3.8, 4) is 11.5 Å². The minimum atomic E-state index is -0.198. The fourth-order valence-electron chi connectivity index (χ4n) is 17.6. The highest BCUT2D eigenvalue weighted by Crippen LogP contribution is 2.64. The molecule has 0 aliphatic carbocycles. The second-order valence-corrected chi connectivity index (χ2v) is 25.9. The summed E-state index contributed by atoms with van der Waals surface area (Å²) in [5, 5.41) is 0.